The van der Waals surface area contributed by atoms with Gasteiger partial charge in [0.05, 0.1) is 0 Å². The molecular weight excluding hydrogens is 222 g/mol. The van der Waals surface area contributed by atoms with Crippen molar-refractivity contribution in [3.8, 4) is 11.3 Å². The van der Waals surface area contributed by atoms with Gasteiger partial charge in [0, 0.05) is 17.5 Å². The zero-order valence-electron chi connectivity index (χ0n) is 11.1. The average Bonchev–Trinajstić information content (AvgIpc) is 2.69. The molecule has 2 N–H and O–H groups in total. The van der Waals surface area contributed by atoms with Gasteiger partial charge in [0.15, 0.2) is 0 Å². The van der Waals surface area contributed by atoms with Crippen molar-refractivity contribution in [2.24, 2.45) is 11.1 Å². The van der Waals surface area contributed by atoms with Gasteiger partial charge in [-0.2, -0.15) is 0 Å². The van der Waals surface area contributed by atoms with Crippen molar-refractivity contribution in [2.45, 2.75) is 32.7 Å². The molecule has 18 heavy (non-hydrogen) atoms. The van der Waals surface area contributed by atoms with E-state index in [-0.39, 0.29) is 11.5 Å². The van der Waals surface area contributed by atoms with Crippen LogP contribution in [0.15, 0.2) is 40.8 Å². The second-order valence-electron chi connectivity index (χ2n) is 5.89. The summed E-state index contributed by atoms with van der Waals surface area (Å²) in [4.78, 5) is 0. The summed E-state index contributed by atoms with van der Waals surface area (Å²) in [6.07, 6.45) is 0. The first-order chi connectivity index (χ1) is 8.50. The van der Waals surface area contributed by atoms with Crippen molar-refractivity contribution in [3.63, 3.8) is 0 Å². The molecule has 1 heterocycles. The minimum atomic E-state index is 0.169. The SMILES string of the molecule is Cc1ccc(-c2ccc([C@@H]3[C@@H](N)C3(C)C)o2)cc1. The fraction of sp³-hybridized carbons (Fsp3) is 0.375. The predicted molar refractivity (Wildman–Crippen MR) is 73.4 cm³/mol. The fourth-order valence-corrected chi connectivity index (χ4v) is 2.61. The number of aryl methyl sites for hydroxylation is 1. The van der Waals surface area contributed by atoms with Crippen LogP contribution in [0.1, 0.15) is 31.1 Å². The van der Waals surface area contributed by atoms with Gasteiger partial charge < -0.3 is 10.2 Å². The van der Waals surface area contributed by atoms with Crippen LogP contribution in [-0.4, -0.2) is 6.04 Å². The Morgan fingerprint density at radius 2 is 1.67 bits per heavy atom. The van der Waals surface area contributed by atoms with Crippen LogP contribution in [0.2, 0.25) is 0 Å². The Balaban J connectivity index is 1.89. The highest BCUT2D eigenvalue weighted by Gasteiger charge is 2.57. The van der Waals surface area contributed by atoms with Gasteiger partial charge in [-0.15, -0.1) is 0 Å². The van der Waals surface area contributed by atoms with E-state index >= 15 is 0 Å². The molecule has 3 rings (SSSR count). The molecule has 0 amide bonds. The highest BCUT2D eigenvalue weighted by molar-refractivity contribution is 5.58. The zero-order valence-corrected chi connectivity index (χ0v) is 11.1. The molecule has 0 aliphatic heterocycles. The molecule has 1 saturated carbocycles. The Morgan fingerprint density at radius 1 is 1.06 bits per heavy atom. The molecule has 2 aromatic rings. The summed E-state index contributed by atoms with van der Waals surface area (Å²) in [5, 5.41) is 0. The molecule has 2 heteroatoms. The summed E-state index contributed by atoms with van der Waals surface area (Å²) in [5.41, 5.74) is 8.64. The number of rotatable bonds is 2. The maximum absolute atomic E-state index is 6.08. The molecule has 1 fully saturated rings. The van der Waals surface area contributed by atoms with Crippen LogP contribution in [0.25, 0.3) is 11.3 Å². The molecule has 0 unspecified atom stereocenters. The van der Waals surface area contributed by atoms with Crippen molar-refractivity contribution in [3.05, 3.63) is 47.7 Å². The molecule has 1 aromatic heterocycles. The topological polar surface area (TPSA) is 39.2 Å². The molecular formula is C16H19NO. The molecule has 2 atom stereocenters. The Bertz CT molecular complexity index is 565. The Kier molecular flexibility index (Phi) is 2.39. The third kappa shape index (κ3) is 1.68. The third-order valence-electron chi connectivity index (χ3n) is 4.18. The summed E-state index contributed by atoms with van der Waals surface area (Å²) in [6.45, 7) is 6.47. The van der Waals surface area contributed by atoms with E-state index in [1.165, 1.54) is 5.56 Å². The van der Waals surface area contributed by atoms with Crippen molar-refractivity contribution < 1.29 is 4.42 Å². The number of hydrogen-bond acceptors (Lipinski definition) is 2. The van der Waals surface area contributed by atoms with E-state index in [9.17, 15) is 0 Å². The minimum absolute atomic E-state index is 0.169. The van der Waals surface area contributed by atoms with Crippen molar-refractivity contribution in [2.75, 3.05) is 0 Å². The average molecular weight is 241 g/mol. The standard InChI is InChI=1S/C16H19NO/c1-10-4-6-11(7-5-10)12-8-9-13(18-12)14-15(17)16(14,2)3/h4-9,14-15H,17H2,1-3H3/t14-,15-/m1/s1. The Labute approximate surface area is 108 Å². The van der Waals surface area contributed by atoms with E-state index in [1.54, 1.807) is 0 Å². The number of hydrogen-bond donors (Lipinski definition) is 1. The molecule has 0 bridgehead atoms. The number of nitrogens with two attached hydrogens (primary N) is 1. The van der Waals surface area contributed by atoms with Gasteiger partial charge in [-0.1, -0.05) is 43.7 Å². The predicted octanol–water partition coefficient (Wildman–Crippen LogP) is 3.71. The molecule has 0 saturated heterocycles. The summed E-state index contributed by atoms with van der Waals surface area (Å²) in [5.74, 6) is 2.31. The molecule has 0 radical (unpaired) electrons. The first kappa shape index (κ1) is 11.5. The van der Waals surface area contributed by atoms with Crippen molar-refractivity contribution >= 4 is 0 Å². The van der Waals surface area contributed by atoms with Crippen LogP contribution in [0.5, 0.6) is 0 Å². The smallest absolute Gasteiger partial charge is 0.134 e. The van der Waals surface area contributed by atoms with Gasteiger partial charge >= 0.3 is 0 Å². The Morgan fingerprint density at radius 3 is 2.22 bits per heavy atom. The lowest BCUT2D eigenvalue weighted by Crippen LogP contribution is -2.06. The second kappa shape index (κ2) is 3.72. The van der Waals surface area contributed by atoms with Gasteiger partial charge in [0.1, 0.15) is 11.5 Å². The van der Waals surface area contributed by atoms with E-state index in [1.807, 2.05) is 6.07 Å². The van der Waals surface area contributed by atoms with Crippen LogP contribution in [0.4, 0.5) is 0 Å². The quantitative estimate of drug-likeness (QED) is 0.870. The summed E-state index contributed by atoms with van der Waals surface area (Å²) < 4.78 is 5.96. The second-order valence-corrected chi connectivity index (χ2v) is 5.89. The first-order valence-corrected chi connectivity index (χ1v) is 6.42. The van der Waals surface area contributed by atoms with E-state index in [2.05, 4.69) is 51.1 Å². The fourth-order valence-electron chi connectivity index (χ4n) is 2.61. The van der Waals surface area contributed by atoms with Crippen molar-refractivity contribution in [1.29, 1.82) is 0 Å². The zero-order chi connectivity index (χ0) is 12.9. The van der Waals surface area contributed by atoms with Gasteiger partial charge in [-0.25, -0.2) is 0 Å². The highest BCUT2D eigenvalue weighted by atomic mass is 16.3. The maximum atomic E-state index is 6.08. The van der Waals surface area contributed by atoms with Gasteiger partial charge in [0.2, 0.25) is 0 Å². The lowest BCUT2D eigenvalue weighted by atomic mass is 10.1. The minimum Gasteiger partial charge on any atom is -0.461 e. The lowest BCUT2D eigenvalue weighted by Gasteiger charge is -2.00. The van der Waals surface area contributed by atoms with Crippen molar-refractivity contribution in [1.82, 2.24) is 0 Å². The van der Waals surface area contributed by atoms with Crippen LogP contribution < -0.4 is 5.73 Å². The van der Waals surface area contributed by atoms with E-state index in [0.717, 1.165) is 17.1 Å². The van der Waals surface area contributed by atoms with Gasteiger partial charge in [-0.05, 0) is 24.5 Å². The van der Waals surface area contributed by atoms with Crippen LogP contribution in [-0.2, 0) is 0 Å². The third-order valence-corrected chi connectivity index (χ3v) is 4.18. The molecule has 1 aliphatic rings. The van der Waals surface area contributed by atoms with E-state index < -0.39 is 0 Å². The maximum Gasteiger partial charge on any atom is 0.134 e. The van der Waals surface area contributed by atoms with Crippen LogP contribution in [0.3, 0.4) is 0 Å². The normalized spacial score (nSPS) is 25.1. The summed E-state index contributed by atoms with van der Waals surface area (Å²) >= 11 is 0. The van der Waals surface area contributed by atoms with Gasteiger partial charge in [-0.3, -0.25) is 0 Å². The largest absolute Gasteiger partial charge is 0.461 e. The Hall–Kier alpha value is -1.54. The van der Waals surface area contributed by atoms with Gasteiger partial charge in [0.25, 0.3) is 0 Å². The molecule has 94 valence electrons. The van der Waals surface area contributed by atoms with Crippen LogP contribution >= 0.6 is 0 Å². The highest BCUT2D eigenvalue weighted by Crippen LogP contribution is 2.57. The molecule has 1 aliphatic carbocycles. The molecule has 0 spiro atoms. The monoisotopic (exact) mass is 241 g/mol. The summed E-state index contributed by atoms with van der Waals surface area (Å²) in [6, 6.07) is 12.7. The number of benzene rings is 1. The van der Waals surface area contributed by atoms with E-state index in [4.69, 9.17) is 10.2 Å². The van der Waals surface area contributed by atoms with Crippen LogP contribution in [0, 0.1) is 12.3 Å². The molecule has 2 nitrogen and oxygen atoms in total. The lowest BCUT2D eigenvalue weighted by molar-refractivity contribution is 0.492. The van der Waals surface area contributed by atoms with E-state index in [0.29, 0.717) is 5.92 Å². The molecule has 1 aromatic carbocycles. The first-order valence-electron chi connectivity index (χ1n) is 6.42. The number of furan rings is 1. The summed E-state index contributed by atoms with van der Waals surface area (Å²) in [7, 11) is 0.